The molecule has 5 N–H and O–H groups in total. The third-order valence-electron chi connectivity index (χ3n) is 4.96. The number of fused-ring (bicyclic) bond motifs is 1. The van der Waals surface area contributed by atoms with Crippen molar-refractivity contribution in [3.63, 3.8) is 0 Å². The summed E-state index contributed by atoms with van der Waals surface area (Å²) >= 11 is 0. The van der Waals surface area contributed by atoms with Gasteiger partial charge in [0.2, 0.25) is 5.91 Å². The number of benzene rings is 2. The van der Waals surface area contributed by atoms with E-state index in [1.165, 1.54) is 7.11 Å². The quantitative estimate of drug-likeness (QED) is 0.310. The summed E-state index contributed by atoms with van der Waals surface area (Å²) in [6.07, 6.45) is 1.16. The number of hydrogen-bond acceptors (Lipinski definition) is 7. The fraction of sp³-hybridized carbons (Fsp3) is 0.0833. The maximum absolute atomic E-state index is 12.5. The van der Waals surface area contributed by atoms with Crippen LogP contribution in [0.3, 0.4) is 0 Å². The normalized spacial score (nSPS) is 10.5. The molecule has 0 atom stereocenters. The highest BCUT2D eigenvalue weighted by atomic mass is 16.5. The minimum atomic E-state index is -0.442. The molecule has 10 nitrogen and oxygen atoms in total. The van der Waals surface area contributed by atoms with E-state index in [9.17, 15) is 9.59 Å². The summed E-state index contributed by atoms with van der Waals surface area (Å²) in [5.41, 5.74) is 10.3. The standard InChI is InChI=1S/C24H22N6O4/c1-4-20(31)29-18-10-9-16(12-19(18)33-3)28-24(32)27-15-7-5-14(6-8-15)17-11-13(2)26-23-21(17)22(25)30-34-23/h4-12H,1H2,2-3H3,(H2,25,30)(H,29,31)(H2,27,28,32). The number of anilines is 4. The Morgan fingerprint density at radius 3 is 2.47 bits per heavy atom. The second-order valence-electron chi connectivity index (χ2n) is 7.32. The molecule has 4 aromatic rings. The van der Waals surface area contributed by atoms with Gasteiger partial charge in [-0.3, -0.25) is 4.79 Å². The number of hydrogen-bond donors (Lipinski definition) is 4. The number of urea groups is 1. The summed E-state index contributed by atoms with van der Waals surface area (Å²) in [6.45, 7) is 5.27. The number of carbonyl (C=O) groups excluding carboxylic acids is 2. The van der Waals surface area contributed by atoms with E-state index in [1.807, 2.05) is 25.1 Å². The van der Waals surface area contributed by atoms with Gasteiger partial charge in [0.05, 0.1) is 18.2 Å². The maximum Gasteiger partial charge on any atom is 0.323 e. The van der Waals surface area contributed by atoms with Crippen LogP contribution in [0.1, 0.15) is 5.69 Å². The average Bonchev–Trinajstić information content (AvgIpc) is 3.20. The van der Waals surface area contributed by atoms with Crippen LogP contribution in [0.4, 0.5) is 27.7 Å². The maximum atomic E-state index is 12.5. The molecule has 0 unspecified atom stereocenters. The summed E-state index contributed by atoms with van der Waals surface area (Å²) in [6, 6.07) is 13.6. The zero-order valence-corrected chi connectivity index (χ0v) is 18.5. The van der Waals surface area contributed by atoms with E-state index in [0.717, 1.165) is 22.9 Å². The molecule has 172 valence electrons. The summed E-state index contributed by atoms with van der Waals surface area (Å²) in [4.78, 5) is 28.3. The van der Waals surface area contributed by atoms with Crippen molar-refractivity contribution in [3.05, 3.63) is 66.9 Å². The van der Waals surface area contributed by atoms with Gasteiger partial charge in [0.25, 0.3) is 5.71 Å². The van der Waals surface area contributed by atoms with Crippen LogP contribution < -0.4 is 26.4 Å². The van der Waals surface area contributed by atoms with E-state index in [-0.39, 0.29) is 11.7 Å². The molecule has 2 aromatic heterocycles. The van der Waals surface area contributed by atoms with Gasteiger partial charge in [-0.2, -0.15) is 0 Å². The largest absolute Gasteiger partial charge is 0.494 e. The first kappa shape index (κ1) is 22.3. The van der Waals surface area contributed by atoms with E-state index in [1.54, 1.807) is 30.3 Å². The number of nitrogens with two attached hydrogens (primary N) is 1. The number of carbonyl (C=O) groups is 2. The van der Waals surface area contributed by atoms with Crippen molar-refractivity contribution in [2.75, 3.05) is 28.8 Å². The lowest BCUT2D eigenvalue weighted by molar-refractivity contribution is -0.111. The third kappa shape index (κ3) is 4.65. The highest BCUT2D eigenvalue weighted by molar-refractivity contribution is 6.03. The van der Waals surface area contributed by atoms with E-state index >= 15 is 0 Å². The Morgan fingerprint density at radius 2 is 1.76 bits per heavy atom. The van der Waals surface area contributed by atoms with Gasteiger partial charge in [0, 0.05) is 28.7 Å². The molecule has 0 aliphatic heterocycles. The molecule has 0 fully saturated rings. The van der Waals surface area contributed by atoms with Crippen molar-refractivity contribution in [1.29, 1.82) is 0 Å². The Labute approximate surface area is 194 Å². The van der Waals surface area contributed by atoms with Crippen molar-refractivity contribution in [2.45, 2.75) is 6.92 Å². The van der Waals surface area contributed by atoms with Crippen LogP contribution in [0.2, 0.25) is 0 Å². The Kier molecular flexibility index (Phi) is 6.13. The number of nitrogen functional groups attached to an aromatic ring is 1. The third-order valence-corrected chi connectivity index (χ3v) is 4.96. The summed E-state index contributed by atoms with van der Waals surface area (Å²) in [5.74, 6) is 0.295. The van der Waals surface area contributed by atoms with Crippen LogP contribution >= 0.6 is 0 Å². The van der Waals surface area contributed by atoms with Gasteiger partial charge in [-0.25, -0.2) is 9.78 Å². The highest BCUT2D eigenvalue weighted by Gasteiger charge is 2.15. The molecule has 0 aliphatic carbocycles. The second-order valence-corrected chi connectivity index (χ2v) is 7.32. The number of pyridine rings is 1. The lowest BCUT2D eigenvalue weighted by Gasteiger charge is -2.13. The first-order valence-electron chi connectivity index (χ1n) is 10.2. The number of aromatic nitrogens is 2. The predicted octanol–water partition coefficient (Wildman–Crippen LogP) is 4.56. The summed E-state index contributed by atoms with van der Waals surface area (Å²) < 4.78 is 10.5. The molecule has 0 saturated carbocycles. The Hall–Kier alpha value is -4.86. The van der Waals surface area contributed by atoms with Crippen LogP contribution in [0, 0.1) is 6.92 Å². The SMILES string of the molecule is C=CC(=O)Nc1ccc(NC(=O)Nc2ccc(-c3cc(C)nc4onc(N)c34)cc2)cc1OC. The summed E-state index contributed by atoms with van der Waals surface area (Å²) in [7, 11) is 1.47. The molecule has 10 heteroatoms. The molecular weight excluding hydrogens is 436 g/mol. The van der Waals surface area contributed by atoms with Gasteiger partial charge in [0.15, 0.2) is 5.82 Å². The van der Waals surface area contributed by atoms with Gasteiger partial charge < -0.3 is 30.9 Å². The molecule has 2 aromatic carbocycles. The van der Waals surface area contributed by atoms with Gasteiger partial charge in [-0.05, 0) is 48.9 Å². The minimum Gasteiger partial charge on any atom is -0.494 e. The lowest BCUT2D eigenvalue weighted by Crippen LogP contribution is -2.19. The van der Waals surface area contributed by atoms with Crippen LogP contribution in [0.25, 0.3) is 22.2 Å². The van der Waals surface area contributed by atoms with Crippen LogP contribution in [-0.4, -0.2) is 29.2 Å². The second kappa shape index (κ2) is 9.33. The topological polar surface area (TPSA) is 144 Å². The predicted molar refractivity (Wildman–Crippen MR) is 131 cm³/mol. The smallest absolute Gasteiger partial charge is 0.323 e. The number of nitrogens with zero attached hydrogens (tertiary/aromatic N) is 2. The molecule has 0 saturated heterocycles. The molecule has 34 heavy (non-hydrogen) atoms. The van der Waals surface area contributed by atoms with Crippen molar-refractivity contribution >= 4 is 45.9 Å². The van der Waals surface area contributed by atoms with Gasteiger partial charge in [0.1, 0.15) is 5.75 Å². The number of methoxy groups -OCH3 is 1. The molecule has 0 aliphatic rings. The fourth-order valence-corrected chi connectivity index (χ4v) is 3.41. The van der Waals surface area contributed by atoms with E-state index in [2.05, 4.69) is 32.7 Å². The van der Waals surface area contributed by atoms with E-state index in [4.69, 9.17) is 15.0 Å². The van der Waals surface area contributed by atoms with E-state index < -0.39 is 6.03 Å². The molecule has 4 rings (SSSR count). The van der Waals surface area contributed by atoms with E-state index in [0.29, 0.717) is 33.9 Å². The molecule has 0 spiro atoms. The molecule has 3 amide bonds. The highest BCUT2D eigenvalue weighted by Crippen LogP contribution is 2.33. The number of aryl methyl sites for hydroxylation is 1. The van der Waals surface area contributed by atoms with Gasteiger partial charge in [-0.15, -0.1) is 0 Å². The van der Waals surface area contributed by atoms with Crippen LogP contribution in [-0.2, 0) is 4.79 Å². The Bertz CT molecular complexity index is 1390. The van der Waals surface area contributed by atoms with Gasteiger partial charge in [-0.1, -0.05) is 23.9 Å². The lowest BCUT2D eigenvalue weighted by atomic mass is 10.0. The summed E-state index contributed by atoms with van der Waals surface area (Å²) in [5, 5.41) is 12.6. The zero-order valence-electron chi connectivity index (χ0n) is 18.5. The Morgan fingerprint density at radius 1 is 1.06 bits per heavy atom. The van der Waals surface area contributed by atoms with Crippen molar-refractivity contribution in [3.8, 4) is 16.9 Å². The number of ether oxygens (including phenoxy) is 1. The Balaban J connectivity index is 1.47. The monoisotopic (exact) mass is 458 g/mol. The average molecular weight is 458 g/mol. The van der Waals surface area contributed by atoms with Crippen molar-refractivity contribution < 1.29 is 18.8 Å². The first-order valence-corrected chi connectivity index (χ1v) is 10.2. The first-order chi connectivity index (χ1) is 16.4. The molecule has 2 heterocycles. The van der Waals surface area contributed by atoms with Crippen LogP contribution in [0.5, 0.6) is 5.75 Å². The number of rotatable bonds is 6. The molecule has 0 bridgehead atoms. The number of amides is 3. The number of nitrogens with one attached hydrogen (secondary N) is 3. The van der Waals surface area contributed by atoms with Crippen molar-refractivity contribution in [2.24, 2.45) is 0 Å². The molecule has 0 radical (unpaired) electrons. The van der Waals surface area contributed by atoms with Crippen molar-refractivity contribution in [1.82, 2.24) is 10.1 Å². The molecular formula is C24H22N6O4. The van der Waals surface area contributed by atoms with Gasteiger partial charge >= 0.3 is 6.03 Å². The zero-order chi connectivity index (χ0) is 24.2. The fourth-order valence-electron chi connectivity index (χ4n) is 3.41. The van der Waals surface area contributed by atoms with Crippen LogP contribution in [0.15, 0.2) is 65.7 Å². The minimum absolute atomic E-state index is 0.268.